The van der Waals surface area contributed by atoms with Gasteiger partial charge < -0.3 is 14.6 Å². The second kappa shape index (κ2) is 8.81. The van der Waals surface area contributed by atoms with Crippen molar-refractivity contribution in [3.05, 3.63) is 29.7 Å². The van der Waals surface area contributed by atoms with Gasteiger partial charge in [-0.15, -0.1) is 0 Å². The molecule has 1 aliphatic heterocycles. The van der Waals surface area contributed by atoms with Crippen molar-refractivity contribution in [1.29, 1.82) is 0 Å². The van der Waals surface area contributed by atoms with E-state index in [0.29, 0.717) is 12.8 Å². The topological polar surface area (TPSA) is 139 Å². The third-order valence-corrected chi connectivity index (χ3v) is 9.21. The van der Waals surface area contributed by atoms with E-state index in [-0.39, 0.29) is 39.2 Å². The van der Waals surface area contributed by atoms with Gasteiger partial charge in [0, 0.05) is 20.6 Å². The minimum absolute atomic E-state index is 0.0368. The highest BCUT2D eigenvalue weighted by Crippen LogP contribution is 2.32. The number of sulfonamides is 2. The second-order valence-electron chi connectivity index (χ2n) is 7.57. The molecule has 1 fully saturated rings. The number of benzene rings is 1. The Labute approximate surface area is 187 Å². The molecule has 3 rings (SSSR count). The largest absolute Gasteiger partial charge is 0.495 e. The smallest absolute Gasteiger partial charge is 0.249 e. The van der Waals surface area contributed by atoms with Gasteiger partial charge in [0.15, 0.2) is 5.76 Å². The summed E-state index contributed by atoms with van der Waals surface area (Å²) in [5, 5.41) is 6.34. The zero-order chi connectivity index (χ0) is 23.8. The van der Waals surface area contributed by atoms with Crippen molar-refractivity contribution in [1.82, 2.24) is 13.8 Å². The summed E-state index contributed by atoms with van der Waals surface area (Å²) in [7, 11) is -3.59. The van der Waals surface area contributed by atoms with E-state index in [2.05, 4.69) is 10.5 Å². The van der Waals surface area contributed by atoms with E-state index in [1.807, 2.05) is 0 Å². The predicted octanol–water partition coefficient (Wildman–Crippen LogP) is 1.34. The van der Waals surface area contributed by atoms with Gasteiger partial charge in [0.2, 0.25) is 26.0 Å². The first-order chi connectivity index (χ1) is 14.9. The first-order valence-electron chi connectivity index (χ1n) is 9.77. The van der Waals surface area contributed by atoms with Crippen LogP contribution in [0.15, 0.2) is 32.5 Å². The van der Waals surface area contributed by atoms with Crippen molar-refractivity contribution in [2.75, 3.05) is 33.1 Å². The molecule has 2 aromatic rings. The number of hydrogen-bond donors (Lipinski definition) is 1. The molecule has 0 aliphatic carbocycles. The number of hydrogen-bond acceptors (Lipinski definition) is 8. The molecule has 1 amide bonds. The van der Waals surface area contributed by atoms with Gasteiger partial charge in [-0.05, 0) is 44.9 Å². The van der Waals surface area contributed by atoms with Gasteiger partial charge in [0.05, 0.1) is 17.7 Å². The fourth-order valence-corrected chi connectivity index (χ4v) is 6.50. The van der Waals surface area contributed by atoms with E-state index < -0.39 is 32.0 Å². The molecule has 1 aromatic carbocycles. The number of carbonyl (C=O) groups is 1. The lowest BCUT2D eigenvalue weighted by molar-refractivity contribution is -0.119. The molecule has 1 aromatic heterocycles. The van der Waals surface area contributed by atoms with E-state index in [4.69, 9.17) is 9.26 Å². The monoisotopic (exact) mass is 486 g/mol. The maximum Gasteiger partial charge on any atom is 0.249 e. The van der Waals surface area contributed by atoms with E-state index >= 15 is 0 Å². The number of aryl methyl sites for hydroxylation is 2. The van der Waals surface area contributed by atoms with Gasteiger partial charge >= 0.3 is 0 Å². The first kappa shape index (κ1) is 24.2. The molecule has 13 heteroatoms. The number of nitrogens with zero attached hydrogens (tertiary/aromatic N) is 3. The molecule has 176 valence electrons. The molecular formula is C19H26N4O7S2. The zero-order valence-electron chi connectivity index (χ0n) is 18.4. The van der Waals surface area contributed by atoms with Crippen LogP contribution in [0.25, 0.3) is 0 Å². The van der Waals surface area contributed by atoms with Crippen molar-refractivity contribution >= 4 is 31.6 Å². The second-order valence-corrected chi connectivity index (χ2v) is 11.5. The van der Waals surface area contributed by atoms with Gasteiger partial charge in [-0.3, -0.25) is 4.79 Å². The molecule has 0 radical (unpaired) electrons. The summed E-state index contributed by atoms with van der Waals surface area (Å²) in [5.74, 6) is -0.193. The highest BCUT2D eigenvalue weighted by Gasteiger charge is 2.42. The Morgan fingerprint density at radius 3 is 2.50 bits per heavy atom. The Kier molecular flexibility index (Phi) is 6.65. The lowest BCUT2D eigenvalue weighted by atomic mass is 10.2. The number of aromatic nitrogens is 1. The maximum atomic E-state index is 13.2. The Bertz CT molecular complexity index is 1220. The first-order valence-corrected chi connectivity index (χ1v) is 12.7. The summed E-state index contributed by atoms with van der Waals surface area (Å²) < 4.78 is 63.8. The summed E-state index contributed by atoms with van der Waals surface area (Å²) in [6, 6.07) is 3.10. The predicted molar refractivity (Wildman–Crippen MR) is 115 cm³/mol. The van der Waals surface area contributed by atoms with E-state index in [1.54, 1.807) is 0 Å². The fourth-order valence-electron chi connectivity index (χ4n) is 3.62. The van der Waals surface area contributed by atoms with Gasteiger partial charge in [-0.2, -0.15) is 4.31 Å². The molecule has 1 N–H and O–H groups in total. The third kappa shape index (κ3) is 4.25. The number of anilines is 1. The summed E-state index contributed by atoms with van der Waals surface area (Å²) >= 11 is 0. The van der Waals surface area contributed by atoms with E-state index in [0.717, 1.165) is 8.61 Å². The molecule has 1 atom stereocenters. The standard InChI is InChI=1S/C19H26N4O7S2/c1-12-18(13(2)30-21-12)32(27,28)23-10-6-7-16(23)19(24)20-15-11-14(8-9-17(15)29-5)31(25,26)22(3)4/h8-9,11,16H,6-7,10H2,1-5H3,(H,20,24)/t16-/m0/s1. The maximum absolute atomic E-state index is 13.2. The van der Waals surface area contributed by atoms with Crippen LogP contribution in [-0.4, -0.2) is 70.3 Å². The quantitative estimate of drug-likeness (QED) is 0.619. The molecule has 0 bridgehead atoms. The highest BCUT2D eigenvalue weighted by molar-refractivity contribution is 7.89. The Morgan fingerprint density at radius 2 is 1.94 bits per heavy atom. The van der Waals surface area contributed by atoms with Crippen LogP contribution in [0.4, 0.5) is 5.69 Å². The number of methoxy groups -OCH3 is 1. The van der Waals surface area contributed by atoms with Crippen molar-refractivity contribution < 1.29 is 30.9 Å². The number of rotatable bonds is 7. The highest BCUT2D eigenvalue weighted by atomic mass is 32.2. The van der Waals surface area contributed by atoms with Crippen molar-refractivity contribution in [2.24, 2.45) is 0 Å². The zero-order valence-corrected chi connectivity index (χ0v) is 20.1. The van der Waals surface area contributed by atoms with Crippen molar-refractivity contribution in [3.63, 3.8) is 0 Å². The number of nitrogens with one attached hydrogen (secondary N) is 1. The molecule has 0 saturated carbocycles. The van der Waals surface area contributed by atoms with Crippen LogP contribution in [0.5, 0.6) is 5.75 Å². The van der Waals surface area contributed by atoms with Crippen LogP contribution in [0.3, 0.4) is 0 Å². The van der Waals surface area contributed by atoms with Crippen LogP contribution in [0.1, 0.15) is 24.3 Å². The van der Waals surface area contributed by atoms with Gasteiger partial charge in [0.25, 0.3) is 0 Å². The number of carbonyl (C=O) groups excluding carboxylic acids is 1. The van der Waals surface area contributed by atoms with Crippen molar-refractivity contribution in [3.8, 4) is 5.75 Å². The minimum atomic E-state index is -4.02. The summed E-state index contributed by atoms with van der Waals surface area (Å²) in [4.78, 5) is 13.0. The Balaban J connectivity index is 1.93. The minimum Gasteiger partial charge on any atom is -0.495 e. The molecule has 1 aliphatic rings. The normalized spacial score (nSPS) is 17.6. The fraction of sp³-hybridized carbons (Fsp3) is 0.474. The summed E-state index contributed by atoms with van der Waals surface area (Å²) in [5.41, 5.74) is 0.346. The van der Waals surface area contributed by atoms with Gasteiger partial charge in [-0.25, -0.2) is 21.1 Å². The van der Waals surface area contributed by atoms with Crippen LogP contribution in [0, 0.1) is 13.8 Å². The van der Waals surface area contributed by atoms with Crippen LogP contribution in [0.2, 0.25) is 0 Å². The average Bonchev–Trinajstić information content (AvgIpc) is 3.35. The van der Waals surface area contributed by atoms with Crippen LogP contribution >= 0.6 is 0 Å². The van der Waals surface area contributed by atoms with E-state index in [1.165, 1.54) is 53.3 Å². The summed E-state index contributed by atoms with van der Waals surface area (Å²) in [6.45, 7) is 3.19. The Hall–Kier alpha value is -2.48. The molecule has 1 saturated heterocycles. The molecular weight excluding hydrogens is 460 g/mol. The average molecular weight is 487 g/mol. The molecule has 2 heterocycles. The van der Waals surface area contributed by atoms with Crippen LogP contribution < -0.4 is 10.1 Å². The molecule has 0 spiro atoms. The Morgan fingerprint density at radius 1 is 1.25 bits per heavy atom. The summed E-state index contributed by atoms with van der Waals surface area (Å²) in [6.07, 6.45) is 0.805. The number of ether oxygens (including phenoxy) is 1. The lowest BCUT2D eigenvalue weighted by Crippen LogP contribution is -2.43. The SMILES string of the molecule is COc1ccc(S(=O)(=O)N(C)C)cc1NC(=O)[C@@H]1CCCN1S(=O)(=O)c1c(C)noc1C. The van der Waals surface area contributed by atoms with Gasteiger partial charge in [0.1, 0.15) is 22.4 Å². The molecule has 11 nitrogen and oxygen atoms in total. The molecule has 0 unspecified atom stereocenters. The molecule has 32 heavy (non-hydrogen) atoms. The van der Waals surface area contributed by atoms with Crippen LogP contribution in [-0.2, 0) is 24.8 Å². The van der Waals surface area contributed by atoms with Gasteiger partial charge in [-0.1, -0.05) is 5.16 Å². The lowest BCUT2D eigenvalue weighted by Gasteiger charge is -2.23. The third-order valence-electron chi connectivity index (χ3n) is 5.25. The number of amides is 1. The van der Waals surface area contributed by atoms with E-state index in [9.17, 15) is 21.6 Å². The van der Waals surface area contributed by atoms with Crippen molar-refractivity contribution in [2.45, 2.75) is 42.5 Å².